The number of fused-ring (bicyclic) bond motifs is 1. The van der Waals surface area contributed by atoms with Gasteiger partial charge in [0.1, 0.15) is 5.56 Å². The Kier molecular flexibility index (Phi) is 4.93. The molecule has 1 aromatic carbocycles. The standard InChI is InChI=1S/C20H20N2O3/c1-3-8-16-17(20(24)25-2)18-15(11-7-12-21-18)19(23)22(16)13-14-9-5-4-6-10-14/h4-7,9-12H,3,8,13H2,1-2H3. The van der Waals surface area contributed by atoms with Crippen LogP contribution in [0, 0.1) is 0 Å². The Labute approximate surface area is 145 Å². The Morgan fingerprint density at radius 3 is 2.60 bits per heavy atom. The topological polar surface area (TPSA) is 61.2 Å². The number of nitrogens with zero attached hydrogens (tertiary/aromatic N) is 2. The predicted molar refractivity (Wildman–Crippen MR) is 96.9 cm³/mol. The summed E-state index contributed by atoms with van der Waals surface area (Å²) >= 11 is 0. The van der Waals surface area contributed by atoms with E-state index in [0.29, 0.717) is 35.1 Å². The molecule has 0 saturated heterocycles. The minimum atomic E-state index is -0.464. The highest BCUT2D eigenvalue weighted by molar-refractivity contribution is 6.03. The van der Waals surface area contributed by atoms with Gasteiger partial charge in [-0.3, -0.25) is 9.78 Å². The second-order valence-electron chi connectivity index (χ2n) is 5.84. The summed E-state index contributed by atoms with van der Waals surface area (Å²) in [6.07, 6.45) is 2.99. The summed E-state index contributed by atoms with van der Waals surface area (Å²) in [6.45, 7) is 2.42. The zero-order valence-corrected chi connectivity index (χ0v) is 14.4. The highest BCUT2D eigenvalue weighted by atomic mass is 16.5. The largest absolute Gasteiger partial charge is 0.465 e. The van der Waals surface area contributed by atoms with Crippen molar-refractivity contribution in [3.63, 3.8) is 0 Å². The molecule has 25 heavy (non-hydrogen) atoms. The molecule has 0 aliphatic rings. The molecule has 0 amide bonds. The molecule has 0 fully saturated rings. The molecule has 2 heterocycles. The molecule has 3 aromatic rings. The van der Waals surface area contributed by atoms with Gasteiger partial charge >= 0.3 is 5.97 Å². The second-order valence-corrected chi connectivity index (χ2v) is 5.84. The van der Waals surface area contributed by atoms with Crippen LogP contribution >= 0.6 is 0 Å². The van der Waals surface area contributed by atoms with Gasteiger partial charge in [0.2, 0.25) is 0 Å². The number of hydrogen-bond acceptors (Lipinski definition) is 4. The van der Waals surface area contributed by atoms with E-state index in [4.69, 9.17) is 4.74 Å². The van der Waals surface area contributed by atoms with Crippen molar-refractivity contribution in [2.45, 2.75) is 26.3 Å². The van der Waals surface area contributed by atoms with Crippen molar-refractivity contribution >= 4 is 16.9 Å². The second kappa shape index (κ2) is 7.30. The maximum Gasteiger partial charge on any atom is 0.341 e. The average Bonchev–Trinajstić information content (AvgIpc) is 2.65. The minimum Gasteiger partial charge on any atom is -0.465 e. The van der Waals surface area contributed by atoms with Crippen LogP contribution in [0.1, 0.15) is 35.0 Å². The van der Waals surface area contributed by atoms with E-state index in [-0.39, 0.29) is 5.56 Å². The van der Waals surface area contributed by atoms with Crippen LogP contribution < -0.4 is 5.56 Å². The van der Waals surface area contributed by atoms with Crippen LogP contribution in [0.2, 0.25) is 0 Å². The molecule has 5 nitrogen and oxygen atoms in total. The maximum absolute atomic E-state index is 13.1. The fourth-order valence-corrected chi connectivity index (χ4v) is 3.06. The molecule has 0 N–H and O–H groups in total. The lowest BCUT2D eigenvalue weighted by Crippen LogP contribution is -2.28. The number of pyridine rings is 2. The third-order valence-electron chi connectivity index (χ3n) is 4.19. The van der Waals surface area contributed by atoms with Crippen LogP contribution in [0.3, 0.4) is 0 Å². The summed E-state index contributed by atoms with van der Waals surface area (Å²) < 4.78 is 6.66. The van der Waals surface area contributed by atoms with E-state index in [2.05, 4.69) is 4.98 Å². The fourth-order valence-electron chi connectivity index (χ4n) is 3.06. The number of ether oxygens (including phenoxy) is 1. The van der Waals surface area contributed by atoms with Gasteiger partial charge in [-0.15, -0.1) is 0 Å². The first-order valence-corrected chi connectivity index (χ1v) is 8.30. The SMILES string of the molecule is CCCc1c(C(=O)OC)c2ncccc2c(=O)n1Cc1ccccc1. The highest BCUT2D eigenvalue weighted by Crippen LogP contribution is 2.21. The summed E-state index contributed by atoms with van der Waals surface area (Å²) in [7, 11) is 1.35. The molecule has 0 atom stereocenters. The Hall–Kier alpha value is -2.95. The highest BCUT2D eigenvalue weighted by Gasteiger charge is 2.22. The van der Waals surface area contributed by atoms with E-state index in [0.717, 1.165) is 12.0 Å². The number of aromatic nitrogens is 2. The number of carbonyl (C=O) groups is 1. The summed E-state index contributed by atoms with van der Waals surface area (Å²) in [6, 6.07) is 13.1. The van der Waals surface area contributed by atoms with Gasteiger partial charge in [0.05, 0.1) is 24.6 Å². The monoisotopic (exact) mass is 336 g/mol. The van der Waals surface area contributed by atoms with E-state index in [9.17, 15) is 9.59 Å². The molecule has 0 unspecified atom stereocenters. The molecule has 5 heteroatoms. The number of benzene rings is 1. The Morgan fingerprint density at radius 1 is 1.16 bits per heavy atom. The fraction of sp³-hybridized carbons (Fsp3) is 0.250. The molecule has 0 spiro atoms. The van der Waals surface area contributed by atoms with E-state index >= 15 is 0 Å². The van der Waals surface area contributed by atoms with Crippen LogP contribution in [0.4, 0.5) is 0 Å². The molecule has 0 aliphatic heterocycles. The van der Waals surface area contributed by atoms with Crippen molar-refractivity contribution < 1.29 is 9.53 Å². The van der Waals surface area contributed by atoms with Gasteiger partial charge in [-0.1, -0.05) is 43.7 Å². The van der Waals surface area contributed by atoms with Gasteiger partial charge in [-0.25, -0.2) is 4.79 Å². The van der Waals surface area contributed by atoms with Crippen molar-refractivity contribution in [3.05, 3.63) is 75.8 Å². The molecular formula is C20H20N2O3. The molecule has 0 aliphatic carbocycles. The van der Waals surface area contributed by atoms with E-state index < -0.39 is 5.97 Å². The number of esters is 1. The van der Waals surface area contributed by atoms with Crippen molar-refractivity contribution in [2.75, 3.05) is 7.11 Å². The third-order valence-corrected chi connectivity index (χ3v) is 4.19. The van der Waals surface area contributed by atoms with Crippen molar-refractivity contribution in [1.82, 2.24) is 9.55 Å². The first kappa shape index (κ1) is 16.9. The predicted octanol–water partition coefficient (Wildman–Crippen LogP) is 3.18. The molecule has 0 radical (unpaired) electrons. The average molecular weight is 336 g/mol. The van der Waals surface area contributed by atoms with Crippen molar-refractivity contribution in [1.29, 1.82) is 0 Å². The molecular weight excluding hydrogens is 316 g/mol. The van der Waals surface area contributed by atoms with Crippen LogP contribution in [-0.4, -0.2) is 22.6 Å². The summed E-state index contributed by atoms with van der Waals surface area (Å²) in [5.41, 5.74) is 2.33. The Bertz CT molecular complexity index is 962. The third kappa shape index (κ3) is 3.18. The molecule has 3 rings (SSSR count). The summed E-state index contributed by atoms with van der Waals surface area (Å²) in [4.78, 5) is 29.8. The van der Waals surface area contributed by atoms with E-state index in [1.807, 2.05) is 37.3 Å². The molecule has 128 valence electrons. The van der Waals surface area contributed by atoms with Gasteiger partial charge in [0.15, 0.2) is 0 Å². The first-order valence-electron chi connectivity index (χ1n) is 8.30. The lowest BCUT2D eigenvalue weighted by molar-refractivity contribution is 0.0600. The van der Waals surface area contributed by atoms with Crippen molar-refractivity contribution in [2.24, 2.45) is 0 Å². The van der Waals surface area contributed by atoms with Crippen LogP contribution in [-0.2, 0) is 17.7 Å². The van der Waals surface area contributed by atoms with E-state index in [1.165, 1.54) is 7.11 Å². The van der Waals surface area contributed by atoms with Gasteiger partial charge < -0.3 is 9.30 Å². The summed E-state index contributed by atoms with van der Waals surface area (Å²) in [5, 5.41) is 0.429. The lowest BCUT2D eigenvalue weighted by Gasteiger charge is -2.18. The summed E-state index contributed by atoms with van der Waals surface area (Å²) in [5.74, 6) is -0.464. The lowest BCUT2D eigenvalue weighted by atomic mass is 10.0. The number of carbonyl (C=O) groups excluding carboxylic acids is 1. The quantitative estimate of drug-likeness (QED) is 0.671. The zero-order chi connectivity index (χ0) is 17.8. The van der Waals surface area contributed by atoms with Crippen molar-refractivity contribution in [3.8, 4) is 0 Å². The normalized spacial score (nSPS) is 10.8. The van der Waals surface area contributed by atoms with Gasteiger partial charge in [-0.2, -0.15) is 0 Å². The maximum atomic E-state index is 13.1. The number of hydrogen-bond donors (Lipinski definition) is 0. The van der Waals surface area contributed by atoms with Crippen LogP contribution in [0.5, 0.6) is 0 Å². The number of methoxy groups -OCH3 is 1. The molecule has 0 saturated carbocycles. The molecule has 2 aromatic heterocycles. The number of rotatable bonds is 5. The minimum absolute atomic E-state index is 0.136. The zero-order valence-electron chi connectivity index (χ0n) is 14.4. The first-order chi connectivity index (χ1) is 12.2. The molecule has 0 bridgehead atoms. The van der Waals surface area contributed by atoms with Crippen LogP contribution in [0.25, 0.3) is 10.9 Å². The van der Waals surface area contributed by atoms with Gasteiger partial charge in [0.25, 0.3) is 5.56 Å². The van der Waals surface area contributed by atoms with Crippen LogP contribution in [0.15, 0.2) is 53.5 Å². The van der Waals surface area contributed by atoms with Gasteiger partial charge in [-0.05, 0) is 24.1 Å². The Balaban J connectivity index is 2.34. The smallest absolute Gasteiger partial charge is 0.341 e. The Morgan fingerprint density at radius 2 is 1.92 bits per heavy atom. The van der Waals surface area contributed by atoms with E-state index in [1.54, 1.807) is 22.9 Å². The van der Waals surface area contributed by atoms with Gasteiger partial charge in [0, 0.05) is 11.9 Å².